The normalized spacial score (nSPS) is 11.0. The fourth-order valence-electron chi connectivity index (χ4n) is 2.57. The van der Waals surface area contributed by atoms with E-state index in [1.54, 1.807) is 12.1 Å². The Balaban J connectivity index is 0.000000841. The van der Waals surface area contributed by atoms with Gasteiger partial charge in [0, 0.05) is 11.7 Å². The predicted octanol–water partition coefficient (Wildman–Crippen LogP) is 6.69. The number of nitrogens with two attached hydrogens (primary N) is 1. The second-order valence-electron chi connectivity index (χ2n) is 6.49. The fourth-order valence-corrected chi connectivity index (χ4v) is 2.75. The molecule has 0 amide bonds. The summed E-state index contributed by atoms with van der Waals surface area (Å²) in [5.41, 5.74) is 9.25. The van der Waals surface area contributed by atoms with Gasteiger partial charge in [-0.1, -0.05) is 60.2 Å². The largest absolute Gasteiger partial charge is 0.382 e. The van der Waals surface area contributed by atoms with Gasteiger partial charge in [-0.05, 0) is 69.5 Å². The molecule has 0 aliphatic rings. The predicted molar refractivity (Wildman–Crippen MR) is 128 cm³/mol. The molecule has 0 radical (unpaired) electrons. The van der Waals surface area contributed by atoms with Gasteiger partial charge in [-0.25, -0.2) is 4.39 Å². The van der Waals surface area contributed by atoms with Crippen molar-refractivity contribution in [2.45, 2.75) is 39.7 Å². The van der Waals surface area contributed by atoms with E-state index in [4.69, 9.17) is 17.3 Å². The van der Waals surface area contributed by atoms with E-state index in [2.05, 4.69) is 69.2 Å². The molecule has 158 valence electrons. The van der Waals surface area contributed by atoms with Crippen molar-refractivity contribution >= 4 is 17.3 Å². The lowest BCUT2D eigenvalue weighted by molar-refractivity contribution is 0.627. The van der Waals surface area contributed by atoms with Crippen molar-refractivity contribution in [2.75, 3.05) is 6.54 Å². The van der Waals surface area contributed by atoms with Gasteiger partial charge >= 0.3 is 0 Å². The van der Waals surface area contributed by atoms with Crippen LogP contribution in [-0.4, -0.2) is 12.6 Å². The molecule has 0 aliphatic carbocycles. The fraction of sp³-hybridized carbons (Fsp3) is 0.280. The topological polar surface area (TPSA) is 38.0 Å². The Morgan fingerprint density at radius 3 is 2.45 bits per heavy atom. The minimum atomic E-state index is -0.416. The standard InChI is InChI=1S/C18H19ClFN.C5H11N.C2H4/c1-12-5-4-6-15(9-12)10-13(2)21-14(3)16-7-8-18(20)17(19)11-16;1-2-3-4-5-6;1-2/h4-9,11,13,21H,3,10H2,1-2H3;2-3H,4-6H2,1H3;1-2H2/b;3-2+;. The lowest BCUT2D eigenvalue weighted by Crippen LogP contribution is -2.26. The van der Waals surface area contributed by atoms with E-state index in [1.807, 2.05) is 13.0 Å². The number of halogens is 2. The number of allylic oxidation sites excluding steroid dienone is 1. The summed E-state index contributed by atoms with van der Waals surface area (Å²) in [6.45, 7) is 16.9. The number of nitrogens with one attached hydrogen (secondary N) is 1. The van der Waals surface area contributed by atoms with E-state index in [-0.39, 0.29) is 11.1 Å². The molecule has 4 heteroatoms. The average Bonchev–Trinajstić information content (AvgIpc) is 2.70. The molecule has 1 atom stereocenters. The molecule has 0 heterocycles. The molecule has 0 saturated carbocycles. The van der Waals surface area contributed by atoms with Crippen molar-refractivity contribution in [3.8, 4) is 0 Å². The minimum absolute atomic E-state index is 0.113. The lowest BCUT2D eigenvalue weighted by atomic mass is 10.0. The number of benzene rings is 2. The monoisotopic (exact) mass is 416 g/mol. The molecule has 1 unspecified atom stereocenters. The maximum absolute atomic E-state index is 13.2. The molecule has 2 rings (SSSR count). The lowest BCUT2D eigenvalue weighted by Gasteiger charge is -2.18. The average molecular weight is 417 g/mol. The molecule has 0 spiro atoms. The van der Waals surface area contributed by atoms with E-state index in [0.717, 1.165) is 30.6 Å². The molecule has 0 aliphatic heterocycles. The molecule has 2 aromatic carbocycles. The molecule has 29 heavy (non-hydrogen) atoms. The van der Waals surface area contributed by atoms with Crippen molar-refractivity contribution in [1.29, 1.82) is 0 Å². The molecule has 0 fully saturated rings. The Morgan fingerprint density at radius 2 is 1.93 bits per heavy atom. The number of aryl methyl sites for hydroxylation is 1. The first-order valence-corrected chi connectivity index (χ1v) is 10.0. The van der Waals surface area contributed by atoms with Crippen molar-refractivity contribution in [3.05, 3.63) is 102 Å². The van der Waals surface area contributed by atoms with Crippen molar-refractivity contribution in [1.82, 2.24) is 5.32 Å². The van der Waals surface area contributed by atoms with Gasteiger partial charge in [-0.2, -0.15) is 0 Å². The molecular weight excluding hydrogens is 383 g/mol. The van der Waals surface area contributed by atoms with Crippen LogP contribution < -0.4 is 11.1 Å². The van der Waals surface area contributed by atoms with Crippen LogP contribution in [0.25, 0.3) is 5.70 Å². The minimum Gasteiger partial charge on any atom is -0.382 e. The zero-order valence-corrected chi connectivity index (χ0v) is 18.6. The summed E-state index contributed by atoms with van der Waals surface area (Å²) in [7, 11) is 0. The molecule has 2 aromatic rings. The highest BCUT2D eigenvalue weighted by atomic mass is 35.5. The third kappa shape index (κ3) is 11.3. The maximum atomic E-state index is 13.2. The Labute approximate surface area is 181 Å². The summed E-state index contributed by atoms with van der Waals surface area (Å²) in [5, 5.41) is 3.45. The maximum Gasteiger partial charge on any atom is 0.141 e. The summed E-state index contributed by atoms with van der Waals surface area (Å²) < 4.78 is 13.2. The van der Waals surface area contributed by atoms with Gasteiger partial charge < -0.3 is 11.1 Å². The van der Waals surface area contributed by atoms with E-state index in [1.165, 1.54) is 17.2 Å². The zero-order chi connectivity index (χ0) is 22.2. The van der Waals surface area contributed by atoms with Crippen LogP contribution in [0, 0.1) is 12.7 Å². The van der Waals surface area contributed by atoms with Gasteiger partial charge in [-0.15, -0.1) is 13.2 Å². The molecule has 0 bridgehead atoms. The third-order valence-corrected chi connectivity index (χ3v) is 4.17. The van der Waals surface area contributed by atoms with Gasteiger partial charge in [0.05, 0.1) is 5.02 Å². The van der Waals surface area contributed by atoms with E-state index >= 15 is 0 Å². The molecule has 3 N–H and O–H groups in total. The van der Waals surface area contributed by atoms with Crippen LogP contribution >= 0.6 is 11.6 Å². The van der Waals surface area contributed by atoms with Gasteiger partial charge in [0.1, 0.15) is 5.82 Å². The van der Waals surface area contributed by atoms with Crippen molar-refractivity contribution < 1.29 is 4.39 Å². The summed E-state index contributed by atoms with van der Waals surface area (Å²) >= 11 is 5.80. The Morgan fingerprint density at radius 1 is 1.24 bits per heavy atom. The van der Waals surface area contributed by atoms with Crippen LogP contribution in [0.2, 0.25) is 5.02 Å². The van der Waals surface area contributed by atoms with Gasteiger partial charge in [0.15, 0.2) is 0 Å². The van der Waals surface area contributed by atoms with Crippen LogP contribution in [0.3, 0.4) is 0 Å². The smallest absolute Gasteiger partial charge is 0.141 e. The highest BCUT2D eigenvalue weighted by Gasteiger charge is 2.08. The summed E-state index contributed by atoms with van der Waals surface area (Å²) in [6, 6.07) is 13.3. The van der Waals surface area contributed by atoms with Crippen LogP contribution in [0.5, 0.6) is 0 Å². The third-order valence-electron chi connectivity index (χ3n) is 3.88. The SMILES string of the molecule is C/C=C/CCN.C=C.C=C(NC(C)Cc1cccc(C)c1)c1ccc(F)c(Cl)c1. The molecule has 0 aromatic heterocycles. The summed E-state index contributed by atoms with van der Waals surface area (Å²) in [5.74, 6) is -0.416. The van der Waals surface area contributed by atoms with Crippen LogP contribution in [0.15, 0.2) is 74.4 Å². The molecular formula is C25H34ClFN2. The molecule has 0 saturated heterocycles. The highest BCUT2D eigenvalue weighted by Crippen LogP contribution is 2.20. The van der Waals surface area contributed by atoms with Crippen LogP contribution in [-0.2, 0) is 6.42 Å². The Hall–Kier alpha value is -2.36. The van der Waals surface area contributed by atoms with Crippen molar-refractivity contribution in [2.24, 2.45) is 5.73 Å². The van der Waals surface area contributed by atoms with Crippen LogP contribution in [0.4, 0.5) is 4.39 Å². The van der Waals surface area contributed by atoms with E-state index in [0.29, 0.717) is 0 Å². The number of hydrogen-bond donors (Lipinski definition) is 2. The first kappa shape index (κ1) is 26.6. The second kappa shape index (κ2) is 15.5. The number of hydrogen-bond acceptors (Lipinski definition) is 2. The second-order valence-corrected chi connectivity index (χ2v) is 6.90. The Bertz CT molecular complexity index is 771. The zero-order valence-electron chi connectivity index (χ0n) is 17.8. The summed E-state index contributed by atoms with van der Waals surface area (Å²) in [6.07, 6.45) is 5.97. The summed E-state index contributed by atoms with van der Waals surface area (Å²) in [4.78, 5) is 0. The molecule has 2 nitrogen and oxygen atoms in total. The number of rotatable bonds is 7. The van der Waals surface area contributed by atoms with Gasteiger partial charge in [-0.3, -0.25) is 0 Å². The van der Waals surface area contributed by atoms with E-state index < -0.39 is 5.82 Å². The first-order valence-electron chi connectivity index (χ1n) is 9.65. The van der Waals surface area contributed by atoms with Gasteiger partial charge in [0.2, 0.25) is 0 Å². The Kier molecular flexibility index (Phi) is 14.3. The van der Waals surface area contributed by atoms with Crippen LogP contribution in [0.1, 0.15) is 37.0 Å². The van der Waals surface area contributed by atoms with Gasteiger partial charge in [0.25, 0.3) is 0 Å². The first-order chi connectivity index (χ1) is 13.9. The van der Waals surface area contributed by atoms with E-state index in [9.17, 15) is 4.39 Å². The highest BCUT2D eigenvalue weighted by molar-refractivity contribution is 6.30. The quantitative estimate of drug-likeness (QED) is 0.493. The van der Waals surface area contributed by atoms with Crippen molar-refractivity contribution in [3.63, 3.8) is 0 Å².